The fraction of sp³-hybridized carbons (Fsp3) is 0.176. The Morgan fingerprint density at radius 1 is 1.17 bits per heavy atom. The van der Waals surface area contributed by atoms with Crippen LogP contribution in [0.5, 0.6) is 5.75 Å². The summed E-state index contributed by atoms with van der Waals surface area (Å²) in [6.45, 7) is 0.497. The van der Waals surface area contributed by atoms with Crippen LogP contribution < -0.4 is 4.74 Å². The smallest absolute Gasteiger partial charge is 0.338 e. The second kappa shape index (κ2) is 8.87. The Balaban J connectivity index is 1.94. The van der Waals surface area contributed by atoms with Gasteiger partial charge in [-0.2, -0.15) is 0 Å². The molecule has 0 spiro atoms. The fourth-order valence-electron chi connectivity index (χ4n) is 1.67. The van der Waals surface area contributed by atoms with Gasteiger partial charge in [0.05, 0.1) is 12.2 Å². The average molecular weight is 332 g/mol. The van der Waals surface area contributed by atoms with Gasteiger partial charge in [-0.05, 0) is 35.7 Å². The lowest BCUT2D eigenvalue weighted by molar-refractivity contribution is -0.128. The molecule has 0 fully saturated rings. The zero-order valence-corrected chi connectivity index (χ0v) is 13.4. The molecule has 0 saturated carbocycles. The van der Waals surface area contributed by atoms with E-state index in [4.69, 9.17) is 14.2 Å². The third kappa shape index (κ3) is 5.69. The maximum absolute atomic E-state index is 11.8. The summed E-state index contributed by atoms with van der Waals surface area (Å²) in [4.78, 5) is 24.5. The van der Waals surface area contributed by atoms with Crippen LogP contribution in [0.15, 0.2) is 47.9 Å². The normalized spacial score (nSPS) is 10.7. The molecule has 6 heteroatoms. The molecule has 0 bridgehead atoms. The largest absolute Gasteiger partial charge is 0.460 e. The first-order chi connectivity index (χ1) is 11.2. The van der Waals surface area contributed by atoms with Crippen molar-refractivity contribution in [1.29, 1.82) is 0 Å². The Morgan fingerprint density at radius 2 is 2.04 bits per heavy atom. The zero-order valence-electron chi connectivity index (χ0n) is 12.6. The Hall–Kier alpha value is -2.44. The van der Waals surface area contributed by atoms with E-state index in [1.54, 1.807) is 24.3 Å². The second-order valence-corrected chi connectivity index (χ2v) is 5.41. The van der Waals surface area contributed by atoms with Crippen molar-refractivity contribution in [1.82, 2.24) is 0 Å². The first-order valence-electron chi connectivity index (χ1n) is 6.88. The summed E-state index contributed by atoms with van der Waals surface area (Å²) in [5.41, 5.74) is 0.314. The van der Waals surface area contributed by atoms with E-state index >= 15 is 0 Å². The van der Waals surface area contributed by atoms with Crippen LogP contribution in [0.2, 0.25) is 0 Å². The van der Waals surface area contributed by atoms with Crippen molar-refractivity contribution >= 4 is 29.4 Å². The van der Waals surface area contributed by atoms with E-state index in [1.165, 1.54) is 30.6 Å². The van der Waals surface area contributed by atoms with Gasteiger partial charge < -0.3 is 14.2 Å². The average Bonchev–Trinajstić information content (AvgIpc) is 3.07. The number of benzene rings is 1. The molecule has 1 aromatic carbocycles. The minimum absolute atomic E-state index is 0.170. The van der Waals surface area contributed by atoms with Gasteiger partial charge in [-0.25, -0.2) is 9.59 Å². The van der Waals surface area contributed by atoms with E-state index in [2.05, 4.69) is 0 Å². The van der Waals surface area contributed by atoms with Gasteiger partial charge in [0.1, 0.15) is 12.4 Å². The van der Waals surface area contributed by atoms with Gasteiger partial charge in [0, 0.05) is 18.1 Å². The number of ether oxygens (including phenoxy) is 3. The molecule has 23 heavy (non-hydrogen) atoms. The van der Waals surface area contributed by atoms with Gasteiger partial charge in [0.25, 0.3) is 0 Å². The molecular formula is C17H16O5S. The van der Waals surface area contributed by atoms with E-state index in [9.17, 15) is 9.59 Å². The molecule has 0 aliphatic carbocycles. The maximum atomic E-state index is 11.8. The van der Waals surface area contributed by atoms with E-state index in [-0.39, 0.29) is 12.4 Å². The highest BCUT2D eigenvalue weighted by Crippen LogP contribution is 2.15. The van der Waals surface area contributed by atoms with Crippen molar-refractivity contribution in [3.05, 3.63) is 58.3 Å². The van der Waals surface area contributed by atoms with E-state index in [0.29, 0.717) is 12.2 Å². The van der Waals surface area contributed by atoms with Crippen LogP contribution in [0.4, 0.5) is 0 Å². The molecule has 2 aromatic rings. The first kappa shape index (κ1) is 16.9. The number of esters is 2. The second-order valence-electron chi connectivity index (χ2n) is 4.43. The molecular weight excluding hydrogens is 316 g/mol. The lowest BCUT2D eigenvalue weighted by Crippen LogP contribution is -2.10. The van der Waals surface area contributed by atoms with Crippen molar-refractivity contribution in [3.63, 3.8) is 0 Å². The summed E-state index contributed by atoms with van der Waals surface area (Å²) in [6.07, 6.45) is 3.02. The Bertz CT molecular complexity index is 676. The van der Waals surface area contributed by atoms with E-state index in [1.807, 2.05) is 17.5 Å². The van der Waals surface area contributed by atoms with E-state index in [0.717, 1.165) is 4.88 Å². The van der Waals surface area contributed by atoms with Gasteiger partial charge in [-0.1, -0.05) is 12.1 Å². The minimum Gasteiger partial charge on any atom is -0.460 e. The number of carbonyl (C=O) groups is 2. The molecule has 0 amide bonds. The van der Waals surface area contributed by atoms with Gasteiger partial charge in [-0.3, -0.25) is 0 Å². The Morgan fingerprint density at radius 3 is 2.78 bits per heavy atom. The van der Waals surface area contributed by atoms with Crippen molar-refractivity contribution in [2.75, 3.05) is 20.3 Å². The van der Waals surface area contributed by atoms with Crippen LogP contribution in [0, 0.1) is 0 Å². The number of carbonyl (C=O) groups excluding carboxylic acids is 2. The highest BCUT2D eigenvalue weighted by Gasteiger charge is 2.09. The molecule has 1 heterocycles. The quantitative estimate of drug-likeness (QED) is 0.337. The van der Waals surface area contributed by atoms with Crippen LogP contribution >= 0.6 is 11.3 Å². The topological polar surface area (TPSA) is 61.8 Å². The SMILES string of the molecule is COCCOC(=O)c1cccc(OC(=O)/C=C/c2cccs2)c1. The lowest BCUT2D eigenvalue weighted by atomic mass is 10.2. The maximum Gasteiger partial charge on any atom is 0.338 e. The molecule has 0 unspecified atom stereocenters. The molecule has 120 valence electrons. The van der Waals surface area contributed by atoms with Crippen LogP contribution in [-0.4, -0.2) is 32.3 Å². The molecule has 1 aromatic heterocycles. The predicted molar refractivity (Wildman–Crippen MR) is 87.6 cm³/mol. The number of thiophene rings is 1. The minimum atomic E-state index is -0.511. The summed E-state index contributed by atoms with van der Waals surface area (Å²) in [5, 5.41) is 1.92. The molecule has 0 aliphatic rings. The summed E-state index contributed by atoms with van der Waals surface area (Å²) in [6, 6.07) is 10.1. The summed E-state index contributed by atoms with van der Waals surface area (Å²) in [7, 11) is 1.53. The third-order valence-corrected chi connectivity index (χ3v) is 3.57. The zero-order chi connectivity index (χ0) is 16.5. The van der Waals surface area contributed by atoms with Gasteiger partial charge in [0.15, 0.2) is 0 Å². The molecule has 5 nitrogen and oxygen atoms in total. The molecule has 0 radical (unpaired) electrons. The predicted octanol–water partition coefficient (Wildman–Crippen LogP) is 3.17. The van der Waals surface area contributed by atoms with Gasteiger partial charge in [-0.15, -0.1) is 11.3 Å². The highest BCUT2D eigenvalue weighted by atomic mass is 32.1. The molecule has 2 rings (SSSR count). The van der Waals surface area contributed by atoms with Crippen LogP contribution in [0.25, 0.3) is 6.08 Å². The summed E-state index contributed by atoms with van der Waals surface area (Å²) in [5.74, 6) is -0.718. The fourth-order valence-corrected chi connectivity index (χ4v) is 2.29. The monoisotopic (exact) mass is 332 g/mol. The summed E-state index contributed by atoms with van der Waals surface area (Å²) < 4.78 is 15.0. The lowest BCUT2D eigenvalue weighted by Gasteiger charge is -2.06. The molecule has 0 saturated heterocycles. The number of hydrogen-bond acceptors (Lipinski definition) is 6. The van der Waals surface area contributed by atoms with E-state index < -0.39 is 11.9 Å². The van der Waals surface area contributed by atoms with Crippen LogP contribution in [-0.2, 0) is 14.3 Å². The van der Waals surface area contributed by atoms with Crippen molar-refractivity contribution in [2.24, 2.45) is 0 Å². The van der Waals surface area contributed by atoms with Crippen molar-refractivity contribution in [3.8, 4) is 5.75 Å². The number of methoxy groups -OCH3 is 1. The van der Waals surface area contributed by atoms with Gasteiger partial charge in [0.2, 0.25) is 0 Å². The van der Waals surface area contributed by atoms with Crippen molar-refractivity contribution < 1.29 is 23.8 Å². The van der Waals surface area contributed by atoms with Gasteiger partial charge >= 0.3 is 11.9 Å². The molecule has 0 aliphatic heterocycles. The number of rotatable bonds is 7. The Labute approximate surface area is 138 Å². The third-order valence-electron chi connectivity index (χ3n) is 2.74. The van der Waals surface area contributed by atoms with Crippen LogP contribution in [0.3, 0.4) is 0 Å². The first-order valence-corrected chi connectivity index (χ1v) is 7.76. The standard InChI is InChI=1S/C17H16O5S/c1-20-9-10-21-17(19)13-4-2-5-14(12-13)22-16(18)8-7-15-6-3-11-23-15/h2-8,11-12H,9-10H2,1H3/b8-7+. The highest BCUT2D eigenvalue weighted by molar-refractivity contribution is 7.10. The molecule has 0 N–H and O–H groups in total. The van der Waals surface area contributed by atoms with Crippen molar-refractivity contribution in [2.45, 2.75) is 0 Å². The number of hydrogen-bond donors (Lipinski definition) is 0. The summed E-state index contributed by atoms with van der Waals surface area (Å²) >= 11 is 1.52. The van der Waals surface area contributed by atoms with Crippen LogP contribution in [0.1, 0.15) is 15.2 Å². The Kier molecular flexibility index (Phi) is 6.53. The molecule has 0 atom stereocenters.